The lowest BCUT2D eigenvalue weighted by atomic mass is 10.2. The Labute approximate surface area is 125 Å². The Balaban J connectivity index is 2.59. The molecule has 0 spiro atoms. The fourth-order valence-electron chi connectivity index (χ4n) is 1.54. The highest BCUT2D eigenvalue weighted by Gasteiger charge is 2.12. The average molecular weight is 316 g/mol. The van der Waals surface area contributed by atoms with Crippen LogP contribution in [-0.2, 0) is 0 Å². The van der Waals surface area contributed by atoms with E-state index in [1.165, 1.54) is 11.8 Å². The van der Waals surface area contributed by atoms with Crippen molar-refractivity contribution in [3.63, 3.8) is 0 Å². The molecule has 0 saturated carbocycles. The summed E-state index contributed by atoms with van der Waals surface area (Å²) in [6, 6.07) is 5.27. The molecule has 19 heavy (non-hydrogen) atoms. The van der Waals surface area contributed by atoms with E-state index in [1.54, 1.807) is 26.3 Å². The van der Waals surface area contributed by atoms with Gasteiger partial charge < -0.3 is 10.1 Å². The summed E-state index contributed by atoms with van der Waals surface area (Å²) in [6.07, 6.45) is 0. The van der Waals surface area contributed by atoms with E-state index in [1.807, 2.05) is 6.07 Å². The molecular weight excluding hydrogens is 305 g/mol. The second-order valence-corrected chi connectivity index (χ2v) is 5.42. The number of nitrogens with one attached hydrogen (secondary N) is 2. The number of halogens is 2. The van der Waals surface area contributed by atoms with E-state index in [0.29, 0.717) is 26.3 Å². The molecule has 1 heterocycles. The molecule has 0 saturated heterocycles. The van der Waals surface area contributed by atoms with Gasteiger partial charge in [-0.25, -0.2) is 4.98 Å². The molecule has 0 aliphatic rings. The van der Waals surface area contributed by atoms with Gasteiger partial charge >= 0.3 is 0 Å². The summed E-state index contributed by atoms with van der Waals surface area (Å²) in [5, 5.41) is 12.9. The van der Waals surface area contributed by atoms with Gasteiger partial charge in [0.15, 0.2) is 5.17 Å². The zero-order chi connectivity index (χ0) is 14.0. The average Bonchev–Trinajstić information content (AvgIpc) is 2.40. The lowest BCUT2D eigenvalue weighted by Crippen LogP contribution is -2.12. The van der Waals surface area contributed by atoms with Crippen molar-refractivity contribution in [3.8, 4) is 5.75 Å². The Kier molecular flexibility index (Phi) is 4.39. The normalized spacial score (nSPS) is 10.5. The van der Waals surface area contributed by atoms with Crippen molar-refractivity contribution in [1.29, 1.82) is 5.41 Å². The zero-order valence-electron chi connectivity index (χ0n) is 10.3. The van der Waals surface area contributed by atoms with Gasteiger partial charge in [-0.1, -0.05) is 23.2 Å². The lowest BCUT2D eigenvalue weighted by molar-refractivity contribution is 0.415. The van der Waals surface area contributed by atoms with Crippen molar-refractivity contribution in [2.75, 3.05) is 14.2 Å². The highest BCUT2D eigenvalue weighted by Crippen LogP contribution is 2.36. The number of fused-ring (bicyclic) bond motifs is 1. The predicted octanol–water partition coefficient (Wildman–Crippen LogP) is 3.80. The summed E-state index contributed by atoms with van der Waals surface area (Å²) in [6.45, 7) is 0. The van der Waals surface area contributed by atoms with Crippen LogP contribution in [0.15, 0.2) is 23.2 Å². The molecule has 0 aliphatic carbocycles. The Morgan fingerprint density at radius 3 is 2.79 bits per heavy atom. The van der Waals surface area contributed by atoms with E-state index in [-0.39, 0.29) is 5.17 Å². The molecule has 0 aliphatic heterocycles. The number of thioether (sulfide) groups is 1. The monoisotopic (exact) mass is 315 g/mol. The van der Waals surface area contributed by atoms with Crippen molar-refractivity contribution in [1.82, 2.24) is 10.3 Å². The van der Waals surface area contributed by atoms with Crippen molar-refractivity contribution in [2.24, 2.45) is 0 Å². The number of hydrogen-bond acceptors (Lipinski definition) is 4. The molecule has 1 aromatic heterocycles. The van der Waals surface area contributed by atoms with Crippen LogP contribution in [0, 0.1) is 5.41 Å². The number of ether oxygens (including phenoxy) is 1. The topological polar surface area (TPSA) is 58.0 Å². The van der Waals surface area contributed by atoms with Crippen LogP contribution in [0.3, 0.4) is 0 Å². The van der Waals surface area contributed by atoms with Crippen molar-refractivity contribution in [3.05, 3.63) is 28.2 Å². The summed E-state index contributed by atoms with van der Waals surface area (Å²) in [7, 11) is 3.22. The molecule has 2 N–H and O–H groups in total. The molecule has 0 fully saturated rings. The number of aromatic nitrogens is 1. The predicted molar refractivity (Wildman–Crippen MR) is 81.0 cm³/mol. The van der Waals surface area contributed by atoms with Gasteiger partial charge in [0.05, 0.1) is 17.6 Å². The first kappa shape index (κ1) is 14.2. The molecule has 0 amide bonds. The molecule has 0 atom stereocenters. The second-order valence-electron chi connectivity index (χ2n) is 3.60. The largest absolute Gasteiger partial charge is 0.495 e. The Hall–Kier alpha value is -1.17. The summed E-state index contributed by atoms with van der Waals surface area (Å²) in [5.74, 6) is 0.545. The summed E-state index contributed by atoms with van der Waals surface area (Å²) in [5.41, 5.74) is 0.569. The lowest BCUT2D eigenvalue weighted by Gasteiger charge is -2.09. The maximum atomic E-state index is 7.60. The van der Waals surface area contributed by atoms with Crippen molar-refractivity contribution >= 4 is 51.0 Å². The fraction of sp³-hybridized carbons (Fsp3) is 0.167. The minimum absolute atomic E-state index is 0.280. The Bertz CT molecular complexity index is 648. The molecule has 0 bridgehead atoms. The van der Waals surface area contributed by atoms with Gasteiger partial charge in [0.1, 0.15) is 15.8 Å². The molecule has 4 nitrogen and oxygen atoms in total. The van der Waals surface area contributed by atoms with Crippen LogP contribution in [0.2, 0.25) is 10.0 Å². The van der Waals surface area contributed by atoms with Crippen LogP contribution in [0.5, 0.6) is 5.75 Å². The Morgan fingerprint density at radius 1 is 1.42 bits per heavy atom. The number of rotatable bonds is 2. The minimum Gasteiger partial charge on any atom is -0.495 e. The van der Waals surface area contributed by atoms with E-state index in [4.69, 9.17) is 33.3 Å². The first-order valence-corrected chi connectivity index (χ1v) is 6.91. The maximum Gasteiger partial charge on any atom is 0.159 e. The standard InChI is InChI=1S/C12H11Cl2N3OS/c1-16-12(15)19-9-5-7(13)6-3-4-8(18-2)10(14)11(6)17-9/h3-5H,1-2H3,(H2,15,16). The molecule has 2 aromatic rings. The quantitative estimate of drug-likeness (QED) is 0.503. The zero-order valence-corrected chi connectivity index (χ0v) is 12.6. The molecule has 7 heteroatoms. The van der Waals surface area contributed by atoms with Gasteiger partial charge in [-0.2, -0.15) is 0 Å². The first-order chi connectivity index (χ1) is 9.06. The fourth-order valence-corrected chi connectivity index (χ4v) is 2.77. The Morgan fingerprint density at radius 2 is 2.16 bits per heavy atom. The highest BCUT2D eigenvalue weighted by molar-refractivity contribution is 8.13. The van der Waals surface area contributed by atoms with E-state index in [9.17, 15) is 0 Å². The summed E-state index contributed by atoms with van der Waals surface area (Å²) >= 11 is 13.6. The number of hydrogen-bond donors (Lipinski definition) is 2. The van der Waals surface area contributed by atoms with Crippen LogP contribution >= 0.6 is 35.0 Å². The van der Waals surface area contributed by atoms with Gasteiger partial charge in [-0.15, -0.1) is 0 Å². The third-order valence-corrected chi connectivity index (χ3v) is 3.97. The van der Waals surface area contributed by atoms with Gasteiger partial charge in [0.25, 0.3) is 0 Å². The van der Waals surface area contributed by atoms with Gasteiger partial charge in [0, 0.05) is 12.4 Å². The molecule has 0 radical (unpaired) electrons. The number of nitrogens with zero attached hydrogens (tertiary/aromatic N) is 1. The van der Waals surface area contributed by atoms with E-state index in [2.05, 4.69) is 10.3 Å². The van der Waals surface area contributed by atoms with Crippen LogP contribution in [0.1, 0.15) is 0 Å². The molecular formula is C12H11Cl2N3OS. The number of methoxy groups -OCH3 is 1. The van der Waals surface area contributed by atoms with Gasteiger partial charge in [-0.3, -0.25) is 5.41 Å². The maximum absolute atomic E-state index is 7.60. The van der Waals surface area contributed by atoms with Crippen LogP contribution in [-0.4, -0.2) is 24.3 Å². The molecule has 0 unspecified atom stereocenters. The SMILES string of the molecule is CNC(=N)Sc1cc(Cl)c2ccc(OC)c(Cl)c2n1. The molecule has 1 aromatic carbocycles. The van der Waals surface area contributed by atoms with Gasteiger partial charge in [-0.05, 0) is 30.0 Å². The van der Waals surface area contributed by atoms with Crippen LogP contribution in [0.4, 0.5) is 0 Å². The number of pyridine rings is 1. The van der Waals surface area contributed by atoms with Gasteiger partial charge in [0.2, 0.25) is 0 Å². The second kappa shape index (κ2) is 5.86. The molecule has 2 rings (SSSR count). The first-order valence-electron chi connectivity index (χ1n) is 5.33. The minimum atomic E-state index is 0.280. The number of amidine groups is 1. The molecule has 100 valence electrons. The number of benzene rings is 1. The van der Waals surface area contributed by atoms with Crippen molar-refractivity contribution in [2.45, 2.75) is 5.03 Å². The third-order valence-electron chi connectivity index (χ3n) is 2.46. The van der Waals surface area contributed by atoms with E-state index < -0.39 is 0 Å². The summed E-state index contributed by atoms with van der Waals surface area (Å²) in [4.78, 5) is 4.42. The highest BCUT2D eigenvalue weighted by atomic mass is 35.5. The van der Waals surface area contributed by atoms with E-state index in [0.717, 1.165) is 5.39 Å². The smallest absolute Gasteiger partial charge is 0.159 e. The summed E-state index contributed by atoms with van der Waals surface area (Å²) < 4.78 is 5.16. The van der Waals surface area contributed by atoms with Crippen LogP contribution in [0.25, 0.3) is 10.9 Å². The van der Waals surface area contributed by atoms with E-state index >= 15 is 0 Å². The third kappa shape index (κ3) is 2.88. The van der Waals surface area contributed by atoms with Crippen molar-refractivity contribution < 1.29 is 4.74 Å². The van der Waals surface area contributed by atoms with Crippen LogP contribution < -0.4 is 10.1 Å².